The molecule has 2 rings (SSSR count). The summed E-state index contributed by atoms with van der Waals surface area (Å²) in [6.07, 6.45) is -3.93. The number of methoxy groups -OCH3 is 1. The minimum atomic E-state index is -4.87. The Labute approximate surface area is 126 Å². The number of fused-ring (bicyclic) bond motifs is 1. The molecular formula is C13H10BrF3O4. The van der Waals surface area contributed by atoms with Gasteiger partial charge in [0.2, 0.25) is 5.60 Å². The van der Waals surface area contributed by atoms with Gasteiger partial charge in [-0.3, -0.25) is 0 Å². The fraction of sp³-hybridized carbons (Fsp3) is 0.308. The largest absolute Gasteiger partial charge is 0.496 e. The van der Waals surface area contributed by atoms with E-state index in [2.05, 4.69) is 15.9 Å². The average molecular weight is 367 g/mol. The highest BCUT2D eigenvalue weighted by Crippen LogP contribution is 2.47. The van der Waals surface area contributed by atoms with Gasteiger partial charge in [-0.15, -0.1) is 0 Å². The number of hydrogen-bond acceptors (Lipinski definition) is 3. The van der Waals surface area contributed by atoms with Gasteiger partial charge in [0.1, 0.15) is 11.5 Å². The molecule has 1 atom stereocenters. The Morgan fingerprint density at radius 1 is 1.43 bits per heavy atom. The summed E-state index contributed by atoms with van der Waals surface area (Å²) in [5.41, 5.74) is -3.60. The van der Waals surface area contributed by atoms with Crippen LogP contribution in [0.15, 0.2) is 22.2 Å². The van der Waals surface area contributed by atoms with E-state index in [1.54, 1.807) is 0 Å². The molecule has 114 valence electrons. The smallest absolute Gasteiger partial charge is 0.432 e. The molecule has 0 saturated carbocycles. The molecule has 1 unspecified atom stereocenters. The van der Waals surface area contributed by atoms with E-state index >= 15 is 0 Å². The van der Waals surface area contributed by atoms with Gasteiger partial charge in [-0.2, -0.15) is 13.2 Å². The standard InChI is InChI=1S/C13H10BrF3O4/c1-12(13(15,16)17)7(11(18)19)3-6-4-10(20-2)8(14)5-9(6)21-12/h3-5H,1-2H3,(H,18,19). The summed E-state index contributed by atoms with van der Waals surface area (Å²) in [6, 6.07) is 2.71. The van der Waals surface area contributed by atoms with E-state index in [4.69, 9.17) is 14.6 Å². The van der Waals surface area contributed by atoms with Crippen LogP contribution in [0.3, 0.4) is 0 Å². The van der Waals surface area contributed by atoms with E-state index in [0.717, 1.165) is 6.08 Å². The summed E-state index contributed by atoms with van der Waals surface area (Å²) >= 11 is 3.14. The monoisotopic (exact) mass is 366 g/mol. The van der Waals surface area contributed by atoms with E-state index in [9.17, 15) is 18.0 Å². The molecule has 0 aliphatic carbocycles. The lowest BCUT2D eigenvalue weighted by Gasteiger charge is -2.36. The summed E-state index contributed by atoms with van der Waals surface area (Å²) in [5.74, 6) is -1.41. The van der Waals surface area contributed by atoms with Crippen LogP contribution in [0.4, 0.5) is 13.2 Å². The number of carboxylic acids is 1. The van der Waals surface area contributed by atoms with Crippen LogP contribution in [0, 0.1) is 0 Å². The third-order valence-electron chi connectivity index (χ3n) is 3.18. The van der Waals surface area contributed by atoms with Gasteiger partial charge in [-0.25, -0.2) is 4.79 Å². The fourth-order valence-electron chi connectivity index (χ4n) is 1.95. The quantitative estimate of drug-likeness (QED) is 0.867. The van der Waals surface area contributed by atoms with Gasteiger partial charge in [0.05, 0.1) is 17.2 Å². The molecule has 0 saturated heterocycles. The van der Waals surface area contributed by atoms with Crippen molar-refractivity contribution in [3.05, 3.63) is 27.7 Å². The van der Waals surface area contributed by atoms with Gasteiger partial charge in [0.25, 0.3) is 0 Å². The molecule has 0 aromatic heterocycles. The van der Waals surface area contributed by atoms with Gasteiger partial charge in [0, 0.05) is 5.56 Å². The Morgan fingerprint density at radius 3 is 2.52 bits per heavy atom. The van der Waals surface area contributed by atoms with Crippen molar-refractivity contribution in [2.24, 2.45) is 0 Å². The van der Waals surface area contributed by atoms with Gasteiger partial charge < -0.3 is 14.6 Å². The number of halogens is 4. The van der Waals surface area contributed by atoms with Crippen LogP contribution in [0.2, 0.25) is 0 Å². The number of carbonyl (C=O) groups is 1. The summed E-state index contributed by atoms with van der Waals surface area (Å²) < 4.78 is 50.0. The zero-order valence-electron chi connectivity index (χ0n) is 10.9. The molecule has 1 aliphatic heterocycles. The second kappa shape index (κ2) is 4.94. The minimum Gasteiger partial charge on any atom is -0.496 e. The van der Waals surface area contributed by atoms with E-state index in [-0.39, 0.29) is 11.3 Å². The van der Waals surface area contributed by atoms with Crippen LogP contribution in [0.1, 0.15) is 12.5 Å². The molecular weight excluding hydrogens is 357 g/mol. The van der Waals surface area contributed by atoms with Gasteiger partial charge in [-0.1, -0.05) is 0 Å². The first-order chi connectivity index (χ1) is 9.60. The third kappa shape index (κ3) is 2.48. The Balaban J connectivity index is 2.67. The molecule has 0 amide bonds. The maximum Gasteiger partial charge on any atom is 0.432 e. The van der Waals surface area contributed by atoms with E-state index < -0.39 is 23.3 Å². The second-order valence-electron chi connectivity index (χ2n) is 4.52. The van der Waals surface area contributed by atoms with Gasteiger partial charge in [-0.05, 0) is 41.1 Å². The maximum atomic E-state index is 13.2. The summed E-state index contributed by atoms with van der Waals surface area (Å²) in [7, 11) is 1.39. The Morgan fingerprint density at radius 2 is 2.05 bits per heavy atom. The number of rotatable bonds is 2. The number of carboxylic acid groups (broad SMARTS) is 1. The minimum absolute atomic E-state index is 0.0764. The first kappa shape index (κ1) is 15.7. The molecule has 1 aromatic carbocycles. The van der Waals surface area contributed by atoms with Crippen molar-refractivity contribution >= 4 is 28.0 Å². The number of alkyl halides is 3. The Kier molecular flexibility index (Phi) is 3.69. The Bertz CT molecular complexity index is 639. The predicted octanol–water partition coefficient (Wildman–Crippen LogP) is 3.64. The predicted molar refractivity (Wildman–Crippen MR) is 71.4 cm³/mol. The molecule has 8 heteroatoms. The molecule has 1 aromatic rings. The van der Waals surface area contributed by atoms with Crippen molar-refractivity contribution in [3.8, 4) is 11.5 Å². The van der Waals surface area contributed by atoms with Crippen molar-refractivity contribution in [1.82, 2.24) is 0 Å². The number of hydrogen-bond donors (Lipinski definition) is 1. The van der Waals surface area contributed by atoms with Crippen LogP contribution in [0.25, 0.3) is 6.08 Å². The highest BCUT2D eigenvalue weighted by molar-refractivity contribution is 9.10. The van der Waals surface area contributed by atoms with Crippen LogP contribution in [-0.2, 0) is 4.79 Å². The molecule has 1 aliphatic rings. The Hall–Kier alpha value is -1.70. The van der Waals surface area contributed by atoms with E-state index in [1.165, 1.54) is 19.2 Å². The highest BCUT2D eigenvalue weighted by Gasteiger charge is 2.59. The normalized spacial score (nSPS) is 21.1. The number of aliphatic carboxylic acids is 1. The SMILES string of the molecule is COc1cc2c(cc1Br)OC(C)(C(F)(F)F)C(C(=O)O)=C2. The summed E-state index contributed by atoms with van der Waals surface area (Å²) in [4.78, 5) is 11.2. The van der Waals surface area contributed by atoms with Crippen molar-refractivity contribution < 1.29 is 32.5 Å². The number of benzene rings is 1. The lowest BCUT2D eigenvalue weighted by atomic mass is 9.90. The van der Waals surface area contributed by atoms with Crippen LogP contribution < -0.4 is 9.47 Å². The molecule has 1 heterocycles. The summed E-state index contributed by atoms with van der Waals surface area (Å²) in [5, 5.41) is 9.06. The van der Waals surface area contributed by atoms with Crippen molar-refractivity contribution in [3.63, 3.8) is 0 Å². The van der Waals surface area contributed by atoms with E-state index in [1.807, 2.05) is 0 Å². The topological polar surface area (TPSA) is 55.8 Å². The fourth-order valence-corrected chi connectivity index (χ4v) is 2.44. The van der Waals surface area contributed by atoms with Crippen molar-refractivity contribution in [2.75, 3.05) is 7.11 Å². The van der Waals surface area contributed by atoms with Crippen LogP contribution in [0.5, 0.6) is 11.5 Å². The molecule has 21 heavy (non-hydrogen) atoms. The van der Waals surface area contributed by atoms with Gasteiger partial charge >= 0.3 is 12.1 Å². The number of ether oxygens (including phenoxy) is 2. The molecule has 0 spiro atoms. The zero-order valence-corrected chi connectivity index (χ0v) is 12.5. The second-order valence-corrected chi connectivity index (χ2v) is 5.38. The van der Waals surface area contributed by atoms with Crippen molar-refractivity contribution in [2.45, 2.75) is 18.7 Å². The van der Waals surface area contributed by atoms with Crippen LogP contribution >= 0.6 is 15.9 Å². The molecule has 0 radical (unpaired) electrons. The highest BCUT2D eigenvalue weighted by atomic mass is 79.9. The van der Waals surface area contributed by atoms with E-state index in [0.29, 0.717) is 17.1 Å². The van der Waals surface area contributed by atoms with Crippen molar-refractivity contribution in [1.29, 1.82) is 0 Å². The molecule has 4 nitrogen and oxygen atoms in total. The molecule has 0 fully saturated rings. The lowest BCUT2D eigenvalue weighted by Crippen LogP contribution is -2.52. The third-order valence-corrected chi connectivity index (χ3v) is 3.80. The lowest BCUT2D eigenvalue weighted by molar-refractivity contribution is -0.228. The van der Waals surface area contributed by atoms with Crippen LogP contribution in [-0.4, -0.2) is 30.0 Å². The molecule has 0 bridgehead atoms. The maximum absolute atomic E-state index is 13.2. The van der Waals surface area contributed by atoms with Gasteiger partial charge in [0.15, 0.2) is 0 Å². The zero-order chi connectivity index (χ0) is 16.0. The first-order valence-corrected chi connectivity index (χ1v) is 6.48. The average Bonchev–Trinajstić information content (AvgIpc) is 2.35. The molecule has 1 N–H and O–H groups in total. The first-order valence-electron chi connectivity index (χ1n) is 5.69. The summed E-state index contributed by atoms with van der Waals surface area (Å²) in [6.45, 7) is 0.689.